The summed E-state index contributed by atoms with van der Waals surface area (Å²) in [5, 5.41) is 13.9. The van der Waals surface area contributed by atoms with E-state index in [9.17, 15) is 0 Å². The highest BCUT2D eigenvalue weighted by Gasteiger charge is 2.20. The summed E-state index contributed by atoms with van der Waals surface area (Å²) in [5.74, 6) is 0.296. The molecule has 1 aromatic heterocycles. The van der Waals surface area contributed by atoms with Crippen molar-refractivity contribution in [2.45, 2.75) is 25.4 Å². The van der Waals surface area contributed by atoms with Gasteiger partial charge in [-0.05, 0) is 25.5 Å². The first-order valence-electron chi connectivity index (χ1n) is 7.17. The second kappa shape index (κ2) is 5.73. The Labute approximate surface area is 119 Å². The Morgan fingerprint density at radius 2 is 2.10 bits per heavy atom. The van der Waals surface area contributed by atoms with E-state index in [2.05, 4.69) is 42.6 Å². The Hall–Kier alpha value is -1.71. The van der Waals surface area contributed by atoms with Gasteiger partial charge in [0.05, 0.1) is 11.2 Å². The zero-order valence-corrected chi connectivity index (χ0v) is 11.7. The molecule has 104 valence electrons. The molecule has 3 heteroatoms. The fraction of sp³-hybridized carbons (Fsp3) is 0.353. The lowest BCUT2D eigenvalue weighted by molar-refractivity contribution is 0.245. The number of hydrogen-bond donors (Lipinski definition) is 2. The third-order valence-corrected chi connectivity index (χ3v) is 3.93. The van der Waals surface area contributed by atoms with E-state index < -0.39 is 0 Å². The minimum Gasteiger partial charge on any atom is -0.396 e. The molecule has 3 rings (SSSR count). The molecule has 0 saturated carbocycles. The molecule has 1 unspecified atom stereocenters. The van der Waals surface area contributed by atoms with Gasteiger partial charge in [0.15, 0.2) is 0 Å². The van der Waals surface area contributed by atoms with Crippen molar-refractivity contribution in [2.24, 2.45) is 5.92 Å². The normalized spacial score (nSPS) is 23.3. The summed E-state index contributed by atoms with van der Waals surface area (Å²) in [6, 6.07) is 12.9. The number of aliphatic hydroxyl groups excluding tert-OH is 1. The van der Waals surface area contributed by atoms with Crippen LogP contribution in [-0.2, 0) is 0 Å². The molecule has 0 saturated heterocycles. The van der Waals surface area contributed by atoms with E-state index in [1.165, 1.54) is 5.39 Å². The van der Waals surface area contributed by atoms with E-state index in [0.29, 0.717) is 12.0 Å². The smallest absolute Gasteiger partial charge is 0.0706 e. The Morgan fingerprint density at radius 1 is 1.25 bits per heavy atom. The average Bonchev–Trinajstić information content (AvgIpc) is 2.94. The molecule has 1 heterocycles. The predicted molar refractivity (Wildman–Crippen MR) is 81.4 cm³/mol. The van der Waals surface area contributed by atoms with Crippen LogP contribution in [0.3, 0.4) is 0 Å². The van der Waals surface area contributed by atoms with Gasteiger partial charge in [-0.25, -0.2) is 0 Å². The van der Waals surface area contributed by atoms with Gasteiger partial charge in [-0.2, -0.15) is 0 Å². The van der Waals surface area contributed by atoms with Gasteiger partial charge in [0.1, 0.15) is 0 Å². The van der Waals surface area contributed by atoms with Gasteiger partial charge < -0.3 is 10.4 Å². The highest BCUT2D eigenvalue weighted by molar-refractivity contribution is 5.78. The highest BCUT2D eigenvalue weighted by atomic mass is 16.3. The van der Waals surface area contributed by atoms with Crippen molar-refractivity contribution in [2.75, 3.05) is 6.61 Å². The van der Waals surface area contributed by atoms with Crippen molar-refractivity contribution < 1.29 is 5.11 Å². The van der Waals surface area contributed by atoms with E-state index >= 15 is 0 Å². The minimum absolute atomic E-state index is 0.201. The topological polar surface area (TPSA) is 45.1 Å². The number of aromatic nitrogens is 1. The second-order valence-electron chi connectivity index (χ2n) is 5.49. The molecule has 0 fully saturated rings. The lowest BCUT2D eigenvalue weighted by atomic mass is 10.1. The Bertz CT molecular complexity index is 623. The van der Waals surface area contributed by atoms with Crippen molar-refractivity contribution in [1.29, 1.82) is 0 Å². The Balaban J connectivity index is 1.72. The fourth-order valence-electron chi connectivity index (χ4n) is 2.76. The molecule has 0 radical (unpaired) electrons. The monoisotopic (exact) mass is 268 g/mol. The summed E-state index contributed by atoms with van der Waals surface area (Å²) >= 11 is 0. The summed E-state index contributed by atoms with van der Waals surface area (Å²) in [7, 11) is 0. The summed E-state index contributed by atoms with van der Waals surface area (Å²) in [5.41, 5.74) is 2.10. The van der Waals surface area contributed by atoms with Crippen LogP contribution in [-0.4, -0.2) is 22.7 Å². The van der Waals surface area contributed by atoms with E-state index in [-0.39, 0.29) is 12.6 Å². The molecule has 1 aliphatic rings. The van der Waals surface area contributed by atoms with E-state index in [0.717, 1.165) is 17.6 Å². The number of para-hydroxylation sites is 1. The maximum Gasteiger partial charge on any atom is 0.0706 e. The van der Waals surface area contributed by atoms with Crippen molar-refractivity contribution in [3.05, 3.63) is 54.2 Å². The largest absolute Gasteiger partial charge is 0.396 e. The van der Waals surface area contributed by atoms with Crippen molar-refractivity contribution in [3.63, 3.8) is 0 Å². The van der Waals surface area contributed by atoms with Gasteiger partial charge in [-0.3, -0.25) is 4.98 Å². The number of benzene rings is 1. The molecular formula is C17H20N2O. The summed E-state index contributed by atoms with van der Waals surface area (Å²) in [6.45, 7) is 2.37. The van der Waals surface area contributed by atoms with Crippen LogP contribution in [0.4, 0.5) is 0 Å². The second-order valence-corrected chi connectivity index (χ2v) is 5.49. The Kier molecular flexibility index (Phi) is 3.81. The van der Waals surface area contributed by atoms with Gasteiger partial charge in [-0.15, -0.1) is 0 Å². The first kappa shape index (κ1) is 13.3. The number of aliphatic hydroxyl groups is 1. The number of fused-ring (bicyclic) bond motifs is 1. The molecule has 0 aliphatic heterocycles. The van der Waals surface area contributed by atoms with Gasteiger partial charge in [0.2, 0.25) is 0 Å². The summed E-state index contributed by atoms with van der Waals surface area (Å²) in [6.07, 6.45) is 5.21. The first-order chi connectivity index (χ1) is 9.76. The summed E-state index contributed by atoms with van der Waals surface area (Å²) < 4.78 is 0. The minimum atomic E-state index is 0.201. The van der Waals surface area contributed by atoms with E-state index in [1.54, 1.807) is 0 Å². The molecule has 3 atom stereocenters. The van der Waals surface area contributed by atoms with Crippen LogP contribution in [0, 0.1) is 5.92 Å². The van der Waals surface area contributed by atoms with E-state index in [1.807, 2.05) is 18.2 Å². The van der Waals surface area contributed by atoms with Gasteiger partial charge in [0.25, 0.3) is 0 Å². The van der Waals surface area contributed by atoms with Crippen LogP contribution >= 0.6 is 0 Å². The molecule has 0 spiro atoms. The lowest BCUT2D eigenvalue weighted by Gasteiger charge is -2.19. The molecule has 0 amide bonds. The highest BCUT2D eigenvalue weighted by Crippen LogP contribution is 2.21. The number of nitrogens with one attached hydrogen (secondary N) is 1. The molecule has 2 N–H and O–H groups in total. The van der Waals surface area contributed by atoms with Crippen LogP contribution in [0.5, 0.6) is 0 Å². The molecular weight excluding hydrogens is 248 g/mol. The van der Waals surface area contributed by atoms with Gasteiger partial charge in [0, 0.05) is 30.0 Å². The number of hydrogen-bond acceptors (Lipinski definition) is 3. The molecule has 1 aliphatic carbocycles. The molecule has 2 aromatic rings. The fourth-order valence-corrected chi connectivity index (χ4v) is 2.76. The van der Waals surface area contributed by atoms with Gasteiger partial charge >= 0.3 is 0 Å². The summed E-state index contributed by atoms with van der Waals surface area (Å²) in [4.78, 5) is 4.72. The van der Waals surface area contributed by atoms with Gasteiger partial charge in [-0.1, -0.05) is 36.4 Å². The number of nitrogens with zero attached hydrogens (tertiary/aromatic N) is 1. The molecule has 20 heavy (non-hydrogen) atoms. The third-order valence-electron chi connectivity index (χ3n) is 3.93. The van der Waals surface area contributed by atoms with Crippen LogP contribution in [0.25, 0.3) is 10.9 Å². The molecule has 3 nitrogen and oxygen atoms in total. The first-order valence-corrected chi connectivity index (χ1v) is 7.17. The lowest BCUT2D eigenvalue weighted by Crippen LogP contribution is -2.29. The zero-order valence-electron chi connectivity index (χ0n) is 11.7. The standard InChI is InChI=1S/C17H20N2O/c1-12(18-15-8-6-13(10-15)11-20)16-9-7-14-4-2-3-5-17(14)19-16/h2-9,12-13,15,18,20H,10-11H2,1H3/t12?,13-,15+/m0/s1. The van der Waals surface area contributed by atoms with Crippen molar-refractivity contribution in [1.82, 2.24) is 10.3 Å². The van der Waals surface area contributed by atoms with E-state index in [4.69, 9.17) is 10.1 Å². The zero-order chi connectivity index (χ0) is 13.9. The number of pyridine rings is 1. The maximum atomic E-state index is 9.16. The third kappa shape index (κ3) is 2.74. The average molecular weight is 268 g/mol. The quantitative estimate of drug-likeness (QED) is 0.838. The van der Waals surface area contributed by atoms with Crippen molar-refractivity contribution >= 4 is 10.9 Å². The number of rotatable bonds is 4. The van der Waals surface area contributed by atoms with Crippen LogP contribution < -0.4 is 5.32 Å². The molecule has 0 bridgehead atoms. The SMILES string of the molecule is CC(N[C@@H]1C=C[C@H](CO)C1)c1ccc2ccccc2n1. The van der Waals surface area contributed by atoms with Crippen LogP contribution in [0.2, 0.25) is 0 Å². The molecule has 1 aromatic carbocycles. The van der Waals surface area contributed by atoms with Crippen LogP contribution in [0.15, 0.2) is 48.6 Å². The Morgan fingerprint density at radius 3 is 2.90 bits per heavy atom. The predicted octanol–water partition coefficient (Wildman–Crippen LogP) is 2.82. The maximum absolute atomic E-state index is 9.16. The van der Waals surface area contributed by atoms with Crippen molar-refractivity contribution in [3.8, 4) is 0 Å². The van der Waals surface area contributed by atoms with Crippen LogP contribution in [0.1, 0.15) is 25.1 Å².